The van der Waals surface area contributed by atoms with E-state index in [1.807, 2.05) is 30.3 Å². The molecule has 2 aromatic rings. The molecule has 16 heavy (non-hydrogen) atoms. The van der Waals surface area contributed by atoms with Crippen LogP contribution in [0, 0.1) is 0 Å². The van der Waals surface area contributed by atoms with Crippen LogP contribution < -0.4 is 5.56 Å². The Morgan fingerprint density at radius 2 is 1.88 bits per heavy atom. The van der Waals surface area contributed by atoms with E-state index in [1.165, 1.54) is 16.8 Å². The standard InChI is InChI=1S/C12H12N2O2/c15-9-11-6-7-12(16)14(13-11)8-10-4-2-1-3-5-10/h1-7,15H,8-9H2. The largest absolute Gasteiger partial charge is 0.390 e. The summed E-state index contributed by atoms with van der Waals surface area (Å²) in [5, 5.41) is 13.0. The molecule has 82 valence electrons. The van der Waals surface area contributed by atoms with Crippen molar-refractivity contribution in [2.24, 2.45) is 0 Å². The minimum Gasteiger partial charge on any atom is -0.390 e. The van der Waals surface area contributed by atoms with E-state index in [2.05, 4.69) is 5.10 Å². The van der Waals surface area contributed by atoms with Gasteiger partial charge in [-0.2, -0.15) is 5.10 Å². The van der Waals surface area contributed by atoms with Gasteiger partial charge in [-0.15, -0.1) is 0 Å². The third-order valence-corrected chi connectivity index (χ3v) is 2.26. The maximum Gasteiger partial charge on any atom is 0.267 e. The van der Waals surface area contributed by atoms with Crippen LogP contribution in [0.4, 0.5) is 0 Å². The lowest BCUT2D eigenvalue weighted by Gasteiger charge is -2.05. The first-order valence-corrected chi connectivity index (χ1v) is 5.01. The fourth-order valence-electron chi connectivity index (χ4n) is 1.45. The number of hydrogen-bond donors (Lipinski definition) is 1. The van der Waals surface area contributed by atoms with Gasteiger partial charge < -0.3 is 5.11 Å². The molecular formula is C12H12N2O2. The van der Waals surface area contributed by atoms with E-state index in [9.17, 15) is 4.79 Å². The molecule has 0 bridgehead atoms. The SMILES string of the molecule is O=c1ccc(CO)nn1Cc1ccccc1. The summed E-state index contributed by atoms with van der Waals surface area (Å²) in [6.07, 6.45) is 0. The Balaban J connectivity index is 2.31. The highest BCUT2D eigenvalue weighted by molar-refractivity contribution is 5.15. The highest BCUT2D eigenvalue weighted by Crippen LogP contribution is 1.99. The smallest absolute Gasteiger partial charge is 0.267 e. The van der Waals surface area contributed by atoms with Gasteiger partial charge in [0, 0.05) is 6.07 Å². The minimum atomic E-state index is -0.166. The van der Waals surface area contributed by atoms with Crippen LogP contribution in [0.25, 0.3) is 0 Å². The lowest BCUT2D eigenvalue weighted by Crippen LogP contribution is -2.23. The molecule has 0 aliphatic carbocycles. The van der Waals surface area contributed by atoms with Gasteiger partial charge in [0.05, 0.1) is 18.8 Å². The fraction of sp³-hybridized carbons (Fsp3) is 0.167. The van der Waals surface area contributed by atoms with Crippen LogP contribution >= 0.6 is 0 Å². The van der Waals surface area contributed by atoms with Gasteiger partial charge in [0.15, 0.2) is 0 Å². The van der Waals surface area contributed by atoms with E-state index in [0.29, 0.717) is 12.2 Å². The topological polar surface area (TPSA) is 55.1 Å². The van der Waals surface area contributed by atoms with Gasteiger partial charge in [0.25, 0.3) is 5.56 Å². The van der Waals surface area contributed by atoms with E-state index >= 15 is 0 Å². The molecule has 0 amide bonds. The van der Waals surface area contributed by atoms with Crippen molar-refractivity contribution in [2.45, 2.75) is 13.2 Å². The van der Waals surface area contributed by atoms with Gasteiger partial charge in [0.2, 0.25) is 0 Å². The number of aliphatic hydroxyl groups excluding tert-OH is 1. The van der Waals surface area contributed by atoms with Crippen LogP contribution in [0.15, 0.2) is 47.3 Å². The number of aromatic nitrogens is 2. The molecule has 0 aliphatic heterocycles. The molecule has 0 unspecified atom stereocenters. The summed E-state index contributed by atoms with van der Waals surface area (Å²) in [6.45, 7) is 0.266. The summed E-state index contributed by atoms with van der Waals surface area (Å²) in [6, 6.07) is 12.6. The highest BCUT2D eigenvalue weighted by atomic mass is 16.3. The third-order valence-electron chi connectivity index (χ3n) is 2.26. The van der Waals surface area contributed by atoms with E-state index < -0.39 is 0 Å². The first-order valence-electron chi connectivity index (χ1n) is 5.01. The summed E-state index contributed by atoms with van der Waals surface area (Å²) in [7, 11) is 0. The Kier molecular flexibility index (Phi) is 3.12. The Hall–Kier alpha value is -1.94. The van der Waals surface area contributed by atoms with Crippen LogP contribution in [0.3, 0.4) is 0 Å². The molecule has 1 aromatic carbocycles. The molecule has 0 saturated carbocycles. The predicted molar refractivity (Wildman–Crippen MR) is 60.0 cm³/mol. The molecule has 1 aromatic heterocycles. The van der Waals surface area contributed by atoms with Crippen LogP contribution in [0.1, 0.15) is 11.3 Å². The lowest BCUT2D eigenvalue weighted by molar-refractivity contribution is 0.273. The molecule has 2 rings (SSSR count). The number of nitrogens with zero attached hydrogens (tertiary/aromatic N) is 2. The molecule has 0 fully saturated rings. The minimum absolute atomic E-state index is 0.158. The van der Waals surface area contributed by atoms with Gasteiger partial charge in [-0.3, -0.25) is 4.79 Å². The Bertz CT molecular complexity index is 520. The van der Waals surface area contributed by atoms with Crippen molar-refractivity contribution >= 4 is 0 Å². The zero-order valence-electron chi connectivity index (χ0n) is 8.71. The number of benzene rings is 1. The Morgan fingerprint density at radius 3 is 2.56 bits per heavy atom. The van der Waals surface area contributed by atoms with E-state index in [4.69, 9.17) is 5.11 Å². The quantitative estimate of drug-likeness (QED) is 0.825. The molecule has 1 N–H and O–H groups in total. The molecule has 0 spiro atoms. The maximum atomic E-state index is 11.5. The summed E-state index contributed by atoms with van der Waals surface area (Å²) < 4.78 is 1.35. The summed E-state index contributed by atoms with van der Waals surface area (Å²) in [5.74, 6) is 0. The van der Waals surface area contributed by atoms with E-state index in [1.54, 1.807) is 0 Å². The van der Waals surface area contributed by atoms with E-state index in [-0.39, 0.29) is 12.2 Å². The zero-order chi connectivity index (χ0) is 11.4. The monoisotopic (exact) mass is 216 g/mol. The highest BCUT2D eigenvalue weighted by Gasteiger charge is 2.00. The Morgan fingerprint density at radius 1 is 1.12 bits per heavy atom. The lowest BCUT2D eigenvalue weighted by atomic mass is 10.2. The molecular weight excluding hydrogens is 204 g/mol. The first kappa shape index (κ1) is 10.6. The van der Waals surface area contributed by atoms with Crippen LogP contribution in [-0.4, -0.2) is 14.9 Å². The van der Waals surface area contributed by atoms with Gasteiger partial charge in [-0.05, 0) is 11.6 Å². The molecule has 0 atom stereocenters. The molecule has 4 heteroatoms. The van der Waals surface area contributed by atoms with Crippen molar-refractivity contribution in [3.05, 3.63) is 64.1 Å². The van der Waals surface area contributed by atoms with Crippen molar-refractivity contribution in [3.8, 4) is 0 Å². The Labute approximate surface area is 92.8 Å². The molecule has 0 radical (unpaired) electrons. The first-order chi connectivity index (χ1) is 7.79. The van der Waals surface area contributed by atoms with Crippen LogP contribution in [0.5, 0.6) is 0 Å². The second kappa shape index (κ2) is 4.72. The van der Waals surface area contributed by atoms with Crippen LogP contribution in [-0.2, 0) is 13.2 Å². The van der Waals surface area contributed by atoms with Crippen molar-refractivity contribution < 1.29 is 5.11 Å². The van der Waals surface area contributed by atoms with Gasteiger partial charge in [-0.1, -0.05) is 30.3 Å². The predicted octanol–water partition coefficient (Wildman–Crippen LogP) is 0.784. The fourth-order valence-corrected chi connectivity index (χ4v) is 1.45. The van der Waals surface area contributed by atoms with Crippen molar-refractivity contribution in [1.82, 2.24) is 9.78 Å². The average molecular weight is 216 g/mol. The second-order valence-electron chi connectivity index (χ2n) is 3.46. The second-order valence-corrected chi connectivity index (χ2v) is 3.46. The van der Waals surface area contributed by atoms with Crippen molar-refractivity contribution in [2.75, 3.05) is 0 Å². The van der Waals surface area contributed by atoms with Gasteiger partial charge in [-0.25, -0.2) is 4.68 Å². The maximum absolute atomic E-state index is 11.5. The molecule has 0 saturated heterocycles. The van der Waals surface area contributed by atoms with Gasteiger partial charge in [0.1, 0.15) is 0 Å². The zero-order valence-corrected chi connectivity index (χ0v) is 8.71. The molecule has 1 heterocycles. The van der Waals surface area contributed by atoms with Crippen LogP contribution in [0.2, 0.25) is 0 Å². The average Bonchev–Trinajstić information content (AvgIpc) is 2.33. The summed E-state index contributed by atoms with van der Waals surface area (Å²) in [4.78, 5) is 11.5. The normalized spacial score (nSPS) is 10.3. The summed E-state index contributed by atoms with van der Waals surface area (Å²) >= 11 is 0. The molecule has 0 aliphatic rings. The number of hydrogen-bond acceptors (Lipinski definition) is 3. The van der Waals surface area contributed by atoms with Crippen molar-refractivity contribution in [3.63, 3.8) is 0 Å². The third kappa shape index (κ3) is 2.35. The summed E-state index contributed by atoms with van der Waals surface area (Å²) in [5.41, 5.74) is 1.34. The van der Waals surface area contributed by atoms with E-state index in [0.717, 1.165) is 5.56 Å². The van der Waals surface area contributed by atoms with Crippen molar-refractivity contribution in [1.29, 1.82) is 0 Å². The molecule has 4 nitrogen and oxygen atoms in total. The van der Waals surface area contributed by atoms with Gasteiger partial charge >= 0.3 is 0 Å². The number of rotatable bonds is 3. The number of aliphatic hydroxyl groups is 1.